The number of carbonyl (C=O) groups is 1. The molecule has 2 aliphatic carbocycles. The zero-order valence-corrected chi connectivity index (χ0v) is 16.0. The minimum atomic E-state index is -0.687. The molecule has 1 amide bonds. The molecule has 2 aliphatic rings. The van der Waals surface area contributed by atoms with Crippen LogP contribution in [0.3, 0.4) is 0 Å². The van der Waals surface area contributed by atoms with Crippen LogP contribution in [0.4, 0.5) is 10.1 Å². The molecule has 5 rings (SSSR count). The summed E-state index contributed by atoms with van der Waals surface area (Å²) in [5, 5.41) is 15.1. The summed E-state index contributed by atoms with van der Waals surface area (Å²) >= 11 is 0. The first-order valence-corrected chi connectivity index (χ1v) is 10.1. The van der Waals surface area contributed by atoms with Gasteiger partial charge in [-0.25, -0.2) is 9.07 Å². The van der Waals surface area contributed by atoms with Crippen LogP contribution in [0.25, 0.3) is 11.4 Å². The fourth-order valence-corrected chi connectivity index (χ4v) is 4.35. The van der Waals surface area contributed by atoms with Crippen LogP contribution in [-0.2, 0) is 10.2 Å². The van der Waals surface area contributed by atoms with Gasteiger partial charge in [0, 0.05) is 11.3 Å². The van der Waals surface area contributed by atoms with Gasteiger partial charge in [-0.1, -0.05) is 37.1 Å². The van der Waals surface area contributed by atoms with Crippen LogP contribution in [-0.4, -0.2) is 26.1 Å². The number of anilines is 1. The van der Waals surface area contributed by atoms with Crippen LogP contribution in [0.1, 0.15) is 50.1 Å². The SMILES string of the molecule is O=C(Nc1cccc(-c2nnnn2C2CC2)c1)C1(c2cccc(F)c2)CCCC1. The van der Waals surface area contributed by atoms with E-state index >= 15 is 0 Å². The number of nitrogens with zero attached hydrogens (tertiary/aromatic N) is 4. The van der Waals surface area contributed by atoms with Gasteiger partial charge in [0.05, 0.1) is 11.5 Å². The third-order valence-corrected chi connectivity index (χ3v) is 6.03. The number of amides is 1. The van der Waals surface area contributed by atoms with E-state index in [9.17, 15) is 9.18 Å². The summed E-state index contributed by atoms with van der Waals surface area (Å²) in [6.07, 6.45) is 5.54. The summed E-state index contributed by atoms with van der Waals surface area (Å²) in [6.45, 7) is 0. The summed E-state index contributed by atoms with van der Waals surface area (Å²) in [7, 11) is 0. The second-order valence-electron chi connectivity index (χ2n) is 8.01. The molecule has 1 heterocycles. The molecule has 0 saturated heterocycles. The lowest BCUT2D eigenvalue weighted by atomic mass is 9.78. The Labute approximate surface area is 168 Å². The molecule has 29 heavy (non-hydrogen) atoms. The largest absolute Gasteiger partial charge is 0.325 e. The van der Waals surface area contributed by atoms with Crippen molar-refractivity contribution in [1.82, 2.24) is 20.2 Å². The van der Waals surface area contributed by atoms with E-state index in [1.54, 1.807) is 6.07 Å². The van der Waals surface area contributed by atoms with E-state index in [4.69, 9.17) is 0 Å². The van der Waals surface area contributed by atoms with Crippen molar-refractivity contribution in [2.45, 2.75) is 50.0 Å². The molecule has 2 aromatic carbocycles. The Hall–Kier alpha value is -3.09. The fraction of sp³-hybridized carbons (Fsp3) is 0.364. The lowest BCUT2D eigenvalue weighted by Crippen LogP contribution is -2.38. The molecule has 1 N–H and O–H groups in total. The predicted molar refractivity (Wildman–Crippen MR) is 107 cm³/mol. The van der Waals surface area contributed by atoms with Gasteiger partial charge in [0.2, 0.25) is 5.91 Å². The Bertz CT molecular complexity index is 1050. The average Bonchev–Trinajstić information content (AvgIpc) is 3.25. The maximum atomic E-state index is 13.8. The number of rotatable bonds is 5. The van der Waals surface area contributed by atoms with Gasteiger partial charge < -0.3 is 5.32 Å². The molecule has 0 radical (unpaired) electrons. The predicted octanol–water partition coefficient (Wildman–Crippen LogP) is 4.26. The highest BCUT2D eigenvalue weighted by Crippen LogP contribution is 2.42. The molecule has 2 saturated carbocycles. The van der Waals surface area contributed by atoms with Gasteiger partial charge in [-0.15, -0.1) is 5.10 Å². The normalized spacial score (nSPS) is 18.0. The number of carbonyl (C=O) groups excluding carboxylic acids is 1. The molecular weight excluding hydrogens is 369 g/mol. The zero-order valence-electron chi connectivity index (χ0n) is 16.0. The summed E-state index contributed by atoms with van der Waals surface area (Å²) < 4.78 is 15.7. The maximum Gasteiger partial charge on any atom is 0.235 e. The topological polar surface area (TPSA) is 72.7 Å². The van der Waals surface area contributed by atoms with Crippen molar-refractivity contribution < 1.29 is 9.18 Å². The van der Waals surface area contributed by atoms with Crippen molar-refractivity contribution in [3.05, 3.63) is 59.9 Å². The first-order valence-electron chi connectivity index (χ1n) is 10.1. The van der Waals surface area contributed by atoms with Crippen molar-refractivity contribution in [3.8, 4) is 11.4 Å². The van der Waals surface area contributed by atoms with Crippen LogP contribution in [0.2, 0.25) is 0 Å². The Kier molecular flexibility index (Phi) is 4.38. The van der Waals surface area contributed by atoms with Gasteiger partial charge >= 0.3 is 0 Å². The van der Waals surface area contributed by atoms with Gasteiger partial charge in [0.25, 0.3) is 0 Å². The number of halogens is 1. The van der Waals surface area contributed by atoms with Crippen molar-refractivity contribution in [1.29, 1.82) is 0 Å². The van der Waals surface area contributed by atoms with Crippen molar-refractivity contribution in [2.24, 2.45) is 0 Å². The monoisotopic (exact) mass is 391 g/mol. The molecule has 0 atom stereocenters. The second-order valence-corrected chi connectivity index (χ2v) is 8.01. The first kappa shape index (κ1) is 18.0. The number of aromatic nitrogens is 4. The summed E-state index contributed by atoms with van der Waals surface area (Å²) in [5.74, 6) is 0.319. The van der Waals surface area contributed by atoms with Gasteiger partial charge in [0.1, 0.15) is 5.82 Å². The van der Waals surface area contributed by atoms with E-state index in [0.29, 0.717) is 17.6 Å². The Morgan fingerprint density at radius 1 is 1.10 bits per heavy atom. The quantitative estimate of drug-likeness (QED) is 0.705. The third-order valence-electron chi connectivity index (χ3n) is 6.03. The van der Waals surface area contributed by atoms with Crippen molar-refractivity contribution in [2.75, 3.05) is 5.32 Å². The second kappa shape index (κ2) is 7.06. The summed E-state index contributed by atoms with van der Waals surface area (Å²) in [5.41, 5.74) is 1.63. The van der Waals surface area contributed by atoms with Crippen LogP contribution in [0.15, 0.2) is 48.5 Å². The third kappa shape index (κ3) is 3.30. The molecule has 0 aliphatic heterocycles. The van der Waals surface area contributed by atoms with E-state index in [1.165, 1.54) is 12.1 Å². The molecule has 1 aromatic heterocycles. The van der Waals surface area contributed by atoms with E-state index in [2.05, 4.69) is 20.8 Å². The molecule has 0 bridgehead atoms. The summed E-state index contributed by atoms with van der Waals surface area (Å²) in [4.78, 5) is 13.4. The van der Waals surface area contributed by atoms with Crippen molar-refractivity contribution >= 4 is 11.6 Å². The van der Waals surface area contributed by atoms with E-state index < -0.39 is 5.41 Å². The summed E-state index contributed by atoms with van der Waals surface area (Å²) in [6, 6.07) is 14.4. The number of benzene rings is 2. The molecule has 7 heteroatoms. The average molecular weight is 391 g/mol. The maximum absolute atomic E-state index is 13.8. The van der Waals surface area contributed by atoms with Gasteiger partial charge in [-0.05, 0) is 65.9 Å². The Morgan fingerprint density at radius 3 is 2.66 bits per heavy atom. The highest BCUT2D eigenvalue weighted by Gasteiger charge is 2.43. The zero-order chi connectivity index (χ0) is 19.8. The number of nitrogens with one attached hydrogen (secondary N) is 1. The first-order chi connectivity index (χ1) is 14.2. The number of hydrogen-bond acceptors (Lipinski definition) is 4. The minimum Gasteiger partial charge on any atom is -0.325 e. The Balaban J connectivity index is 1.43. The van der Waals surface area contributed by atoms with E-state index in [-0.39, 0.29) is 11.7 Å². The van der Waals surface area contributed by atoms with E-state index in [1.807, 2.05) is 35.0 Å². The van der Waals surface area contributed by atoms with Gasteiger partial charge in [-0.3, -0.25) is 4.79 Å². The smallest absolute Gasteiger partial charge is 0.235 e. The molecule has 0 unspecified atom stereocenters. The standard InChI is InChI=1S/C22H22FN5O/c23-17-7-4-6-16(14-17)22(11-1-2-12-22)21(29)24-18-8-3-5-15(13-18)20-25-26-27-28(20)19-9-10-19/h3-8,13-14,19H,1-2,9-12H2,(H,24,29). The van der Waals surface area contributed by atoms with Gasteiger partial charge in [0.15, 0.2) is 5.82 Å². The highest BCUT2D eigenvalue weighted by molar-refractivity contribution is 5.99. The molecular formula is C22H22FN5O. The molecule has 2 fully saturated rings. The number of hydrogen-bond donors (Lipinski definition) is 1. The van der Waals surface area contributed by atoms with Crippen LogP contribution in [0, 0.1) is 5.82 Å². The lowest BCUT2D eigenvalue weighted by Gasteiger charge is -2.28. The minimum absolute atomic E-state index is 0.0838. The lowest BCUT2D eigenvalue weighted by molar-refractivity contribution is -0.121. The van der Waals surface area contributed by atoms with Crippen LogP contribution in [0.5, 0.6) is 0 Å². The fourth-order valence-electron chi connectivity index (χ4n) is 4.35. The highest BCUT2D eigenvalue weighted by atomic mass is 19.1. The van der Waals surface area contributed by atoms with Crippen LogP contribution < -0.4 is 5.32 Å². The Morgan fingerprint density at radius 2 is 1.90 bits per heavy atom. The molecule has 3 aromatic rings. The van der Waals surface area contributed by atoms with Crippen molar-refractivity contribution in [3.63, 3.8) is 0 Å². The molecule has 148 valence electrons. The molecule has 0 spiro atoms. The van der Waals surface area contributed by atoms with Gasteiger partial charge in [-0.2, -0.15) is 0 Å². The molecule has 6 nitrogen and oxygen atoms in total. The number of tetrazole rings is 1. The van der Waals surface area contributed by atoms with E-state index in [0.717, 1.165) is 49.7 Å². The van der Waals surface area contributed by atoms with Crippen LogP contribution >= 0.6 is 0 Å².